The maximum absolute atomic E-state index is 6.42. The summed E-state index contributed by atoms with van der Waals surface area (Å²) >= 11 is 0. The van der Waals surface area contributed by atoms with E-state index < -0.39 is 0 Å². The third kappa shape index (κ3) is 8.21. The fraction of sp³-hybridized carbons (Fsp3) is 0.217. The van der Waals surface area contributed by atoms with Gasteiger partial charge in [-0.3, -0.25) is 0 Å². The van der Waals surface area contributed by atoms with Crippen LogP contribution in [0.25, 0.3) is 0 Å². The third-order valence-electron chi connectivity index (χ3n) is 9.63. The average Bonchev–Trinajstić information content (AvgIpc) is 3.14. The molecule has 0 aliphatic heterocycles. The van der Waals surface area contributed by atoms with Crippen molar-refractivity contribution in [2.45, 2.75) is 11.8 Å². The summed E-state index contributed by atoms with van der Waals surface area (Å²) in [4.78, 5) is 8.53. The average molecular weight is 675 g/mol. The second-order valence-electron chi connectivity index (χ2n) is 14.0. The van der Waals surface area contributed by atoms with Gasteiger partial charge in [0.25, 0.3) is 0 Å². The Labute approximate surface area is 305 Å². The molecule has 6 aromatic carbocycles. The van der Waals surface area contributed by atoms with Gasteiger partial charge in [0, 0.05) is 91.0 Å². The van der Waals surface area contributed by atoms with Crippen LogP contribution >= 0.6 is 0 Å². The van der Waals surface area contributed by atoms with E-state index in [9.17, 15) is 0 Å². The first-order valence-electron chi connectivity index (χ1n) is 17.5. The summed E-state index contributed by atoms with van der Waals surface area (Å²) in [5.74, 6) is 1.82. The summed E-state index contributed by atoms with van der Waals surface area (Å²) in [6.45, 7) is 0. The van der Waals surface area contributed by atoms with Gasteiger partial charge in [-0.25, -0.2) is 0 Å². The van der Waals surface area contributed by atoms with Gasteiger partial charge in [0.2, 0.25) is 0 Å². The number of hydrogen-bond acceptors (Lipinski definition) is 5. The van der Waals surface area contributed by atoms with Crippen LogP contribution in [0.15, 0.2) is 146 Å². The number of benzene rings is 6. The predicted molar refractivity (Wildman–Crippen MR) is 218 cm³/mol. The van der Waals surface area contributed by atoms with E-state index in [1.807, 2.05) is 0 Å². The highest BCUT2D eigenvalue weighted by atomic mass is 16.5. The van der Waals surface area contributed by atoms with Gasteiger partial charge in [0.15, 0.2) is 0 Å². The number of anilines is 4. The quantitative estimate of drug-likeness (QED) is 0.120. The molecule has 6 aromatic rings. The van der Waals surface area contributed by atoms with E-state index in [2.05, 4.69) is 222 Å². The molecule has 0 radical (unpaired) electrons. The van der Waals surface area contributed by atoms with Crippen LogP contribution in [0.4, 0.5) is 22.7 Å². The van der Waals surface area contributed by atoms with Crippen molar-refractivity contribution in [2.75, 3.05) is 76.0 Å². The molecular formula is C46H50N4O. The topological polar surface area (TPSA) is 22.2 Å². The van der Waals surface area contributed by atoms with Crippen molar-refractivity contribution in [3.05, 3.63) is 179 Å². The van der Waals surface area contributed by atoms with Crippen LogP contribution in [0.2, 0.25) is 0 Å². The van der Waals surface area contributed by atoms with Gasteiger partial charge < -0.3 is 24.3 Å². The van der Waals surface area contributed by atoms with Gasteiger partial charge in [-0.05, 0) is 106 Å². The zero-order valence-corrected chi connectivity index (χ0v) is 31.2. The van der Waals surface area contributed by atoms with E-state index in [1.54, 1.807) is 0 Å². The molecule has 0 saturated heterocycles. The first kappa shape index (κ1) is 35.2. The molecule has 5 heteroatoms. The van der Waals surface area contributed by atoms with Gasteiger partial charge in [0.05, 0.1) is 0 Å². The van der Waals surface area contributed by atoms with Crippen molar-refractivity contribution in [1.29, 1.82) is 0 Å². The van der Waals surface area contributed by atoms with E-state index >= 15 is 0 Å². The second kappa shape index (κ2) is 15.5. The fourth-order valence-corrected chi connectivity index (χ4v) is 6.61. The lowest BCUT2D eigenvalue weighted by molar-refractivity contribution is 0.482. The Morgan fingerprint density at radius 1 is 0.275 bits per heavy atom. The Bertz CT molecular complexity index is 1730. The lowest BCUT2D eigenvalue weighted by Gasteiger charge is -2.22. The number of hydrogen-bond donors (Lipinski definition) is 0. The summed E-state index contributed by atoms with van der Waals surface area (Å²) in [7, 11) is 16.6. The number of rotatable bonds is 12. The Morgan fingerprint density at radius 2 is 0.451 bits per heavy atom. The monoisotopic (exact) mass is 674 g/mol. The van der Waals surface area contributed by atoms with Crippen LogP contribution in [0.3, 0.4) is 0 Å². The van der Waals surface area contributed by atoms with Crippen molar-refractivity contribution >= 4 is 22.7 Å². The van der Waals surface area contributed by atoms with Gasteiger partial charge in [-0.2, -0.15) is 0 Å². The highest BCUT2D eigenvalue weighted by Gasteiger charge is 2.19. The van der Waals surface area contributed by atoms with E-state index in [-0.39, 0.29) is 11.8 Å². The van der Waals surface area contributed by atoms with E-state index in [1.165, 1.54) is 56.1 Å². The van der Waals surface area contributed by atoms with E-state index in [4.69, 9.17) is 4.74 Å². The van der Waals surface area contributed by atoms with E-state index in [0.717, 1.165) is 11.5 Å². The SMILES string of the molecule is CN(C)c1ccc(C(c2ccc(Oc3ccc(C(c4ccc(N(C)C)cc4)c4ccc(N(C)C)cc4)cc3)cc2)c2ccc(N(C)C)cc2)cc1. The van der Waals surface area contributed by atoms with Crippen molar-refractivity contribution in [3.8, 4) is 11.5 Å². The summed E-state index contributed by atoms with van der Waals surface area (Å²) in [6, 6.07) is 52.6. The summed E-state index contributed by atoms with van der Waals surface area (Å²) in [6.07, 6.45) is 0. The molecule has 0 bridgehead atoms. The van der Waals surface area contributed by atoms with Gasteiger partial charge in [0.1, 0.15) is 11.5 Å². The predicted octanol–water partition coefficient (Wildman–Crippen LogP) is 10.1. The lowest BCUT2D eigenvalue weighted by Crippen LogP contribution is -2.10. The van der Waals surface area contributed by atoms with Crippen LogP contribution in [-0.2, 0) is 0 Å². The molecular weight excluding hydrogens is 625 g/mol. The minimum Gasteiger partial charge on any atom is -0.457 e. The van der Waals surface area contributed by atoms with Crippen molar-refractivity contribution < 1.29 is 4.74 Å². The normalized spacial score (nSPS) is 11.1. The molecule has 0 spiro atoms. The molecule has 0 N–H and O–H groups in total. The molecule has 260 valence electrons. The van der Waals surface area contributed by atoms with Crippen molar-refractivity contribution in [1.82, 2.24) is 0 Å². The molecule has 0 atom stereocenters. The molecule has 0 aliphatic rings. The molecule has 0 saturated carbocycles. The van der Waals surface area contributed by atoms with Crippen molar-refractivity contribution in [3.63, 3.8) is 0 Å². The highest BCUT2D eigenvalue weighted by Crippen LogP contribution is 2.37. The highest BCUT2D eigenvalue weighted by molar-refractivity contribution is 5.56. The molecule has 0 heterocycles. The van der Waals surface area contributed by atoms with Gasteiger partial charge in [-0.15, -0.1) is 0 Å². The van der Waals surface area contributed by atoms with Crippen molar-refractivity contribution in [2.24, 2.45) is 0 Å². The Kier molecular flexibility index (Phi) is 10.7. The minimum absolute atomic E-state index is 0.0984. The van der Waals surface area contributed by atoms with Crippen LogP contribution in [0.1, 0.15) is 45.2 Å². The maximum Gasteiger partial charge on any atom is 0.127 e. The third-order valence-corrected chi connectivity index (χ3v) is 9.63. The van der Waals surface area contributed by atoms with Gasteiger partial charge >= 0.3 is 0 Å². The summed E-state index contributed by atoms with van der Waals surface area (Å²) < 4.78 is 6.42. The Morgan fingerprint density at radius 3 is 0.627 bits per heavy atom. The maximum atomic E-state index is 6.42. The molecule has 0 amide bonds. The Hall–Kier alpha value is -5.68. The van der Waals surface area contributed by atoms with Crippen LogP contribution in [-0.4, -0.2) is 56.4 Å². The molecule has 0 aromatic heterocycles. The first-order valence-corrected chi connectivity index (χ1v) is 17.5. The number of nitrogens with zero attached hydrogens (tertiary/aromatic N) is 4. The lowest BCUT2D eigenvalue weighted by atomic mass is 9.85. The van der Waals surface area contributed by atoms with Crippen LogP contribution < -0.4 is 24.3 Å². The second-order valence-corrected chi connectivity index (χ2v) is 14.0. The van der Waals surface area contributed by atoms with Crippen LogP contribution in [0, 0.1) is 0 Å². The van der Waals surface area contributed by atoms with E-state index in [0.29, 0.717) is 0 Å². The zero-order chi connectivity index (χ0) is 36.1. The Balaban J connectivity index is 1.25. The molecule has 0 fully saturated rings. The fourth-order valence-electron chi connectivity index (χ4n) is 6.61. The van der Waals surface area contributed by atoms with Gasteiger partial charge in [-0.1, -0.05) is 72.8 Å². The number of ether oxygens (including phenoxy) is 1. The standard InChI is InChI=1S/C46H50N4O/c1-47(2)39-21-9-33(10-22-39)45(34-11-23-40(24-12-34)48(3)4)37-17-29-43(30-18-37)51-44-31-19-38(20-32-44)46(35-13-25-41(26-14-35)49(5)6)36-15-27-42(28-16-36)50(7)8/h9-32,45-46H,1-8H3. The molecule has 5 nitrogen and oxygen atoms in total. The van der Waals surface area contributed by atoms with Crippen LogP contribution in [0.5, 0.6) is 11.5 Å². The minimum atomic E-state index is 0.0984. The molecule has 0 aliphatic carbocycles. The summed E-state index contributed by atoms with van der Waals surface area (Å²) in [5.41, 5.74) is 12.2. The molecule has 51 heavy (non-hydrogen) atoms. The summed E-state index contributed by atoms with van der Waals surface area (Å²) in [5, 5.41) is 0. The largest absolute Gasteiger partial charge is 0.457 e. The first-order chi connectivity index (χ1) is 24.6. The zero-order valence-electron chi connectivity index (χ0n) is 31.2. The molecule has 0 unspecified atom stereocenters. The smallest absolute Gasteiger partial charge is 0.127 e. The molecule has 6 rings (SSSR count).